The van der Waals surface area contributed by atoms with Crippen molar-refractivity contribution in [2.24, 2.45) is 11.3 Å². The number of H-pyrrole nitrogens is 1. The minimum Gasteiger partial charge on any atom is -0.455 e. The van der Waals surface area contributed by atoms with Crippen LogP contribution in [0.15, 0.2) is 114 Å². The second-order valence-electron chi connectivity index (χ2n) is 23.8. The maximum atomic E-state index is 14.2. The number of unbranched alkanes of at least 4 members (excludes halogenated alkanes) is 2. The Bertz CT molecular complexity index is 4000. The number of benzene rings is 4. The van der Waals surface area contributed by atoms with Crippen molar-refractivity contribution in [1.82, 2.24) is 34.7 Å². The Hall–Kier alpha value is -8.91. The number of fused-ring (bicyclic) bond motifs is 2. The van der Waals surface area contributed by atoms with E-state index in [0.717, 1.165) is 67.4 Å². The Morgan fingerprint density at radius 3 is 2.51 bits per heavy atom. The highest BCUT2D eigenvalue weighted by Crippen LogP contribution is 2.44. The molecule has 0 bridgehead atoms. The van der Waals surface area contributed by atoms with E-state index in [1.54, 1.807) is 41.4 Å². The molecule has 2 unspecified atom stereocenters. The number of piperidine rings is 2. The molecule has 2 aromatic heterocycles. The number of pyridine rings is 1. The highest BCUT2D eigenvalue weighted by Gasteiger charge is 2.45. The quantitative estimate of drug-likeness (QED) is 0.0205. The number of nitrogens with zero attached hydrogens (tertiary/aromatic N) is 6. The summed E-state index contributed by atoms with van der Waals surface area (Å²) >= 11 is 6.27. The maximum absolute atomic E-state index is 14.2. The lowest BCUT2D eigenvalue weighted by Gasteiger charge is -2.39. The standard InChI is InChI=1S/C65H67ClN10O11S/c1-65(2)26-24-45(52(36-65)42-14-16-46(66)17-15-42)40-72-29-31-73(32-30-72)47-18-20-50(56(34-47)87-48-33-44-25-27-67-60(44)69-38-48)61(79)71-88(85,86)49-19-21-53(55(35-49)76(83)84)68-37-41-9-8-28-74(39-41)58(78)13-6-4-3-5-10-43-11-7-12-51-59(43)64(82)75(63(51)81)54-22-23-57(77)70-62(54)80/h7,11-12,14-21,25,27,33-35,38,41,54,68H,3-4,6,8-9,13,22-24,26,28-32,36-37,39-40H2,1-2H3,(H,67,69)(H,71,79)(H,70,77,80). The van der Waals surface area contributed by atoms with Crippen LogP contribution in [0.3, 0.4) is 0 Å². The summed E-state index contributed by atoms with van der Waals surface area (Å²) < 4.78 is 36.5. The van der Waals surface area contributed by atoms with E-state index in [9.17, 15) is 47.3 Å². The number of carbonyl (C=O) groups is 6. The second kappa shape index (κ2) is 25.8. The lowest BCUT2D eigenvalue weighted by Crippen LogP contribution is -2.54. The number of nitro groups is 1. The van der Waals surface area contributed by atoms with Crippen LogP contribution in [-0.4, -0.2) is 132 Å². The summed E-state index contributed by atoms with van der Waals surface area (Å²) in [5, 5.41) is 19.3. The van der Waals surface area contributed by atoms with Gasteiger partial charge in [0.05, 0.1) is 32.7 Å². The zero-order chi connectivity index (χ0) is 61.9. The molecule has 2 atom stereocenters. The normalized spacial score (nSPS) is 18.8. The van der Waals surface area contributed by atoms with Gasteiger partial charge in [-0.15, -0.1) is 0 Å². The van der Waals surface area contributed by atoms with Crippen LogP contribution in [0.1, 0.15) is 127 Å². The predicted octanol–water partition coefficient (Wildman–Crippen LogP) is 9.49. The molecule has 4 aliphatic heterocycles. The van der Waals surface area contributed by atoms with Gasteiger partial charge in [-0.2, -0.15) is 0 Å². The molecule has 5 aliphatic rings. The highest BCUT2D eigenvalue weighted by atomic mass is 35.5. The number of halogens is 1. The van der Waals surface area contributed by atoms with Gasteiger partial charge in [-0.05, 0) is 134 Å². The molecule has 11 rings (SSSR count). The number of sulfonamides is 1. The van der Waals surface area contributed by atoms with Crippen LogP contribution in [0.4, 0.5) is 17.1 Å². The molecule has 4 N–H and O–H groups in total. The molecule has 88 heavy (non-hydrogen) atoms. The lowest BCUT2D eigenvalue weighted by atomic mass is 9.72. The average Bonchev–Trinajstić information content (AvgIpc) is 2.14. The number of hydrogen-bond acceptors (Lipinski definition) is 15. The fraction of sp³-hybridized carbons (Fsp3) is 0.369. The predicted molar refractivity (Wildman–Crippen MR) is 331 cm³/mol. The summed E-state index contributed by atoms with van der Waals surface area (Å²) in [6.07, 6.45) is 9.66. The van der Waals surface area contributed by atoms with Gasteiger partial charge in [0, 0.05) is 112 Å². The van der Waals surface area contributed by atoms with E-state index in [1.165, 1.54) is 47.2 Å². The van der Waals surface area contributed by atoms with Gasteiger partial charge in [-0.25, -0.2) is 18.1 Å². The number of piperazine rings is 1. The molecule has 0 radical (unpaired) electrons. The van der Waals surface area contributed by atoms with E-state index in [0.29, 0.717) is 73.8 Å². The third kappa shape index (κ3) is 13.6. The van der Waals surface area contributed by atoms with E-state index >= 15 is 0 Å². The first-order chi connectivity index (χ1) is 42.3. The summed E-state index contributed by atoms with van der Waals surface area (Å²) in [6.45, 7) is 9.65. The van der Waals surface area contributed by atoms with Crippen LogP contribution in [0.2, 0.25) is 5.02 Å². The third-order valence-electron chi connectivity index (χ3n) is 17.1. The van der Waals surface area contributed by atoms with E-state index in [1.807, 2.05) is 18.2 Å². The Kier molecular flexibility index (Phi) is 17.8. The minimum absolute atomic E-state index is 0.0116. The number of hydrogen-bond donors (Lipinski definition) is 4. The van der Waals surface area contributed by atoms with Gasteiger partial charge in [0.1, 0.15) is 28.9 Å². The van der Waals surface area contributed by atoms with Crippen molar-refractivity contribution in [1.29, 1.82) is 0 Å². The number of anilines is 2. The second-order valence-corrected chi connectivity index (χ2v) is 26.0. The minimum atomic E-state index is -4.69. The molecule has 456 valence electrons. The summed E-state index contributed by atoms with van der Waals surface area (Å²) in [6, 6.07) is 23.8. The first-order valence-corrected chi connectivity index (χ1v) is 31.5. The molecular formula is C65H67ClN10O11S. The summed E-state index contributed by atoms with van der Waals surface area (Å²) in [7, 11) is -4.69. The molecule has 6 heterocycles. The smallest absolute Gasteiger partial charge is 0.293 e. The maximum Gasteiger partial charge on any atom is 0.293 e. The van der Waals surface area contributed by atoms with Crippen LogP contribution in [0.25, 0.3) is 16.6 Å². The number of nitrogens with one attached hydrogen (secondary N) is 4. The molecule has 21 nitrogen and oxygen atoms in total. The zero-order valence-electron chi connectivity index (χ0n) is 48.9. The van der Waals surface area contributed by atoms with Crippen LogP contribution < -0.4 is 25.0 Å². The molecule has 6 aromatic rings. The summed E-state index contributed by atoms with van der Waals surface area (Å²) in [4.78, 5) is 105. The summed E-state index contributed by atoms with van der Waals surface area (Å²) in [5.41, 5.74) is 5.71. The van der Waals surface area contributed by atoms with Crippen molar-refractivity contribution in [2.45, 2.75) is 95.4 Å². The van der Waals surface area contributed by atoms with E-state index in [4.69, 9.17) is 16.3 Å². The topological polar surface area (TPSA) is 267 Å². The number of carbonyl (C=O) groups excluding carboxylic acids is 6. The number of likely N-dealkylation sites (tertiary alicyclic amines) is 1. The number of aromatic nitrogens is 2. The van der Waals surface area contributed by atoms with E-state index in [-0.39, 0.29) is 71.2 Å². The molecule has 4 aromatic carbocycles. The number of imide groups is 2. The number of ether oxygens (including phenoxy) is 1. The number of amides is 6. The Balaban J connectivity index is 0.695. The number of nitro benzene ring substituents is 1. The first kappa shape index (κ1) is 60.8. The van der Waals surface area contributed by atoms with Gasteiger partial charge in [-0.3, -0.25) is 54.0 Å². The monoisotopic (exact) mass is 1230 g/mol. The highest BCUT2D eigenvalue weighted by molar-refractivity contribution is 7.90. The molecule has 1 aliphatic carbocycles. The molecule has 23 heteroatoms. The summed E-state index contributed by atoms with van der Waals surface area (Å²) in [5.74, 6) is 2.90. The number of rotatable bonds is 18. The molecule has 3 saturated heterocycles. The number of aromatic amines is 1. The Morgan fingerprint density at radius 1 is 0.920 bits per heavy atom. The van der Waals surface area contributed by atoms with Gasteiger partial charge in [0.2, 0.25) is 17.7 Å². The van der Waals surface area contributed by atoms with Gasteiger partial charge in [0.25, 0.3) is 33.4 Å². The van der Waals surface area contributed by atoms with Crippen molar-refractivity contribution in [3.05, 3.63) is 152 Å². The largest absolute Gasteiger partial charge is 0.455 e. The van der Waals surface area contributed by atoms with Crippen molar-refractivity contribution in [3.8, 4) is 23.3 Å². The van der Waals surface area contributed by atoms with Crippen LogP contribution in [0, 0.1) is 33.3 Å². The lowest BCUT2D eigenvalue weighted by molar-refractivity contribution is -0.384. The molecule has 3 fully saturated rings. The third-order valence-corrected chi connectivity index (χ3v) is 18.7. The zero-order valence-corrected chi connectivity index (χ0v) is 50.4. The molecular weight excluding hydrogens is 1160 g/mol. The molecule has 0 saturated carbocycles. The Labute approximate surface area is 514 Å². The van der Waals surface area contributed by atoms with Gasteiger partial charge in [0.15, 0.2) is 0 Å². The molecule has 0 spiro atoms. The van der Waals surface area contributed by atoms with E-state index in [2.05, 4.69) is 72.9 Å². The Morgan fingerprint density at radius 2 is 1.73 bits per heavy atom. The number of allylic oxidation sites excluding steroid dienone is 1. The van der Waals surface area contributed by atoms with Gasteiger partial charge >= 0.3 is 0 Å². The van der Waals surface area contributed by atoms with Crippen molar-refractivity contribution >= 4 is 90.7 Å². The van der Waals surface area contributed by atoms with Crippen molar-refractivity contribution < 1.29 is 46.8 Å². The van der Waals surface area contributed by atoms with Gasteiger partial charge in [-0.1, -0.05) is 61.1 Å². The van der Waals surface area contributed by atoms with E-state index < -0.39 is 61.1 Å². The fourth-order valence-corrected chi connectivity index (χ4v) is 13.4. The average molecular weight is 1230 g/mol. The first-order valence-electron chi connectivity index (χ1n) is 29.7. The molecule has 6 amide bonds. The van der Waals surface area contributed by atoms with Crippen LogP contribution in [0.5, 0.6) is 11.5 Å². The van der Waals surface area contributed by atoms with Gasteiger partial charge < -0.3 is 24.8 Å². The van der Waals surface area contributed by atoms with Crippen LogP contribution in [-0.2, 0) is 24.4 Å². The SMILES string of the molecule is CC1(C)CCC(CN2CCN(c3ccc(C(=O)NS(=O)(=O)c4ccc(NCC5CCCN(C(=O)CCCCC#Cc6cccc7c6C(=O)N(C6CCC(=O)NC6=O)C7=O)C5)c([N+](=O)[O-])c4)c(Oc4cnc5[nH]ccc5c4)c3)CC2)=C(c2ccc(Cl)cc2)C1. The van der Waals surface area contributed by atoms with Crippen molar-refractivity contribution in [3.63, 3.8) is 0 Å². The van der Waals surface area contributed by atoms with Crippen molar-refractivity contribution in [2.75, 3.05) is 62.6 Å². The van der Waals surface area contributed by atoms with Crippen LogP contribution >= 0.6 is 11.6 Å². The fourth-order valence-electron chi connectivity index (χ4n) is 12.3.